The van der Waals surface area contributed by atoms with Gasteiger partial charge in [0.05, 0.1) is 0 Å². The summed E-state index contributed by atoms with van der Waals surface area (Å²) in [4.78, 5) is 0. The molecule has 0 aliphatic carbocycles. The zero-order valence-electron chi connectivity index (χ0n) is 11.0. The predicted octanol–water partition coefficient (Wildman–Crippen LogP) is 3.74. The molecule has 0 saturated heterocycles. The van der Waals surface area contributed by atoms with E-state index in [1.165, 1.54) is 31.2 Å². The number of hydrogen-bond donors (Lipinski definition) is 1. The third-order valence-electron chi connectivity index (χ3n) is 2.88. The van der Waals surface area contributed by atoms with Gasteiger partial charge in [0.25, 0.3) is 0 Å². The van der Waals surface area contributed by atoms with E-state index in [-0.39, 0.29) is 0 Å². The second-order valence-electron chi connectivity index (χ2n) is 4.48. The van der Waals surface area contributed by atoms with E-state index in [2.05, 4.69) is 49.1 Å². The molecule has 0 aliphatic heterocycles. The number of hydrogen-bond acceptors (Lipinski definition) is 1. The molecule has 1 unspecified atom stereocenters. The van der Waals surface area contributed by atoms with Crippen molar-refractivity contribution in [3.8, 4) is 0 Å². The third-order valence-corrected chi connectivity index (χ3v) is 2.88. The van der Waals surface area contributed by atoms with Crippen LogP contribution >= 0.6 is 0 Å². The van der Waals surface area contributed by atoms with Crippen molar-refractivity contribution in [2.75, 3.05) is 6.54 Å². The molecular weight excluding hydrogens is 196 g/mol. The van der Waals surface area contributed by atoms with E-state index in [0.29, 0.717) is 6.04 Å². The van der Waals surface area contributed by atoms with Gasteiger partial charge in [0.2, 0.25) is 0 Å². The Labute approximate surface area is 100 Å². The van der Waals surface area contributed by atoms with Crippen molar-refractivity contribution in [2.45, 2.75) is 59.0 Å². The van der Waals surface area contributed by atoms with Crippen molar-refractivity contribution >= 4 is 0 Å². The Hall–Kier alpha value is -0.760. The van der Waals surface area contributed by atoms with Gasteiger partial charge in [0, 0.05) is 25.0 Å². The van der Waals surface area contributed by atoms with Crippen LogP contribution in [0.5, 0.6) is 0 Å². The fourth-order valence-electron chi connectivity index (χ4n) is 2.06. The summed E-state index contributed by atoms with van der Waals surface area (Å²) in [7, 11) is 0. The first-order chi connectivity index (χ1) is 7.81. The zero-order chi connectivity index (χ0) is 11.8. The molecule has 16 heavy (non-hydrogen) atoms. The maximum Gasteiger partial charge on any atom is 0.0335 e. The Bertz CT molecular complexity index is 278. The average molecular weight is 222 g/mol. The first-order valence-corrected chi connectivity index (χ1v) is 6.70. The average Bonchev–Trinajstić information content (AvgIpc) is 2.73. The van der Waals surface area contributed by atoms with Gasteiger partial charge in [-0.25, -0.2) is 0 Å². The summed E-state index contributed by atoms with van der Waals surface area (Å²) >= 11 is 0. The molecule has 92 valence electrons. The Balaban J connectivity index is 2.59. The minimum Gasteiger partial charge on any atom is -0.354 e. The summed E-state index contributed by atoms with van der Waals surface area (Å²) < 4.78 is 2.30. The van der Waals surface area contributed by atoms with Gasteiger partial charge in [-0.05, 0) is 37.4 Å². The van der Waals surface area contributed by atoms with Gasteiger partial charge in [0.15, 0.2) is 0 Å². The van der Waals surface area contributed by atoms with Crippen LogP contribution in [0.3, 0.4) is 0 Å². The van der Waals surface area contributed by atoms with Crippen molar-refractivity contribution < 1.29 is 0 Å². The SMILES string of the molecule is CCCNC(CCC)c1ccn(CCC)c1. The molecule has 0 spiro atoms. The molecule has 1 aromatic heterocycles. The van der Waals surface area contributed by atoms with Crippen molar-refractivity contribution in [2.24, 2.45) is 0 Å². The number of aromatic nitrogens is 1. The third kappa shape index (κ3) is 4.01. The van der Waals surface area contributed by atoms with Gasteiger partial charge in [0.1, 0.15) is 0 Å². The van der Waals surface area contributed by atoms with Gasteiger partial charge in [-0.3, -0.25) is 0 Å². The molecule has 0 amide bonds. The molecule has 1 N–H and O–H groups in total. The van der Waals surface area contributed by atoms with Crippen LogP contribution in [0.4, 0.5) is 0 Å². The molecular formula is C14H26N2. The van der Waals surface area contributed by atoms with Gasteiger partial charge in [-0.1, -0.05) is 27.2 Å². The highest BCUT2D eigenvalue weighted by molar-refractivity contribution is 5.15. The Morgan fingerprint density at radius 2 is 2.00 bits per heavy atom. The summed E-state index contributed by atoms with van der Waals surface area (Å²) in [6.45, 7) is 8.94. The molecule has 0 radical (unpaired) electrons. The zero-order valence-corrected chi connectivity index (χ0v) is 11.0. The monoisotopic (exact) mass is 222 g/mol. The fraction of sp³-hybridized carbons (Fsp3) is 0.714. The van der Waals surface area contributed by atoms with Crippen LogP contribution in [0.15, 0.2) is 18.5 Å². The summed E-state index contributed by atoms with van der Waals surface area (Å²) in [5, 5.41) is 3.63. The fourth-order valence-corrected chi connectivity index (χ4v) is 2.06. The van der Waals surface area contributed by atoms with Gasteiger partial charge < -0.3 is 9.88 Å². The summed E-state index contributed by atoms with van der Waals surface area (Å²) in [6, 6.07) is 2.81. The molecule has 0 fully saturated rings. The van der Waals surface area contributed by atoms with E-state index < -0.39 is 0 Å². The summed E-state index contributed by atoms with van der Waals surface area (Å²) in [5.74, 6) is 0. The smallest absolute Gasteiger partial charge is 0.0335 e. The lowest BCUT2D eigenvalue weighted by Crippen LogP contribution is -2.21. The Kier molecular flexibility index (Phi) is 6.24. The summed E-state index contributed by atoms with van der Waals surface area (Å²) in [6.07, 6.45) is 9.38. The first-order valence-electron chi connectivity index (χ1n) is 6.70. The standard InChI is InChI=1S/C14H26N2/c1-4-7-14(15-9-5-2)13-8-11-16(12-13)10-6-3/h8,11-12,14-15H,4-7,9-10H2,1-3H3. The second-order valence-corrected chi connectivity index (χ2v) is 4.48. The van der Waals surface area contributed by atoms with Crippen molar-refractivity contribution in [1.82, 2.24) is 9.88 Å². The minimum atomic E-state index is 0.544. The van der Waals surface area contributed by atoms with E-state index in [9.17, 15) is 0 Å². The molecule has 2 nitrogen and oxygen atoms in total. The second kappa shape index (κ2) is 7.50. The van der Waals surface area contributed by atoms with Crippen LogP contribution in [0.2, 0.25) is 0 Å². The lowest BCUT2D eigenvalue weighted by atomic mass is 10.1. The van der Waals surface area contributed by atoms with Gasteiger partial charge in [-0.2, -0.15) is 0 Å². The maximum atomic E-state index is 3.63. The number of nitrogens with zero attached hydrogens (tertiary/aromatic N) is 1. The quantitative estimate of drug-likeness (QED) is 0.709. The molecule has 0 saturated carbocycles. The highest BCUT2D eigenvalue weighted by Crippen LogP contribution is 2.19. The van der Waals surface area contributed by atoms with Crippen molar-refractivity contribution in [3.63, 3.8) is 0 Å². The Morgan fingerprint density at radius 1 is 1.19 bits per heavy atom. The van der Waals surface area contributed by atoms with Crippen LogP contribution in [0.25, 0.3) is 0 Å². The summed E-state index contributed by atoms with van der Waals surface area (Å²) in [5.41, 5.74) is 1.45. The van der Waals surface area contributed by atoms with E-state index >= 15 is 0 Å². The molecule has 1 atom stereocenters. The van der Waals surface area contributed by atoms with Crippen molar-refractivity contribution in [1.29, 1.82) is 0 Å². The molecule has 2 heteroatoms. The number of rotatable bonds is 8. The van der Waals surface area contributed by atoms with Gasteiger partial charge >= 0.3 is 0 Å². The molecule has 0 aromatic carbocycles. The predicted molar refractivity (Wildman–Crippen MR) is 70.7 cm³/mol. The van der Waals surface area contributed by atoms with Crippen LogP contribution < -0.4 is 5.32 Å². The first kappa shape index (κ1) is 13.3. The Morgan fingerprint density at radius 3 is 2.62 bits per heavy atom. The molecule has 0 aliphatic rings. The normalized spacial score (nSPS) is 12.9. The van der Waals surface area contributed by atoms with Crippen LogP contribution in [-0.2, 0) is 6.54 Å². The van der Waals surface area contributed by atoms with E-state index in [1.54, 1.807) is 0 Å². The highest BCUT2D eigenvalue weighted by atomic mass is 15.0. The maximum absolute atomic E-state index is 3.63. The van der Waals surface area contributed by atoms with E-state index in [1.807, 2.05) is 0 Å². The lowest BCUT2D eigenvalue weighted by Gasteiger charge is -2.16. The van der Waals surface area contributed by atoms with Crippen LogP contribution in [0.1, 0.15) is 58.1 Å². The molecule has 1 aromatic rings. The topological polar surface area (TPSA) is 17.0 Å². The number of nitrogens with one attached hydrogen (secondary N) is 1. The molecule has 1 heterocycles. The van der Waals surface area contributed by atoms with Gasteiger partial charge in [-0.15, -0.1) is 0 Å². The minimum absolute atomic E-state index is 0.544. The molecule has 1 rings (SSSR count). The van der Waals surface area contributed by atoms with Crippen LogP contribution in [0, 0.1) is 0 Å². The van der Waals surface area contributed by atoms with Crippen molar-refractivity contribution in [3.05, 3.63) is 24.0 Å². The van der Waals surface area contributed by atoms with Crippen LogP contribution in [-0.4, -0.2) is 11.1 Å². The number of aryl methyl sites for hydroxylation is 1. The largest absolute Gasteiger partial charge is 0.354 e. The molecule has 0 bridgehead atoms. The highest BCUT2D eigenvalue weighted by Gasteiger charge is 2.10. The van der Waals surface area contributed by atoms with E-state index in [4.69, 9.17) is 0 Å². The van der Waals surface area contributed by atoms with E-state index in [0.717, 1.165) is 13.1 Å². The lowest BCUT2D eigenvalue weighted by molar-refractivity contribution is 0.493.